The molecule has 0 spiro atoms. The Kier molecular flexibility index (Phi) is 4.43. The van der Waals surface area contributed by atoms with Crippen LogP contribution in [0.25, 0.3) is 0 Å². The molecule has 104 valence electrons. The van der Waals surface area contributed by atoms with Gasteiger partial charge in [-0.25, -0.2) is 4.79 Å². The van der Waals surface area contributed by atoms with Crippen molar-refractivity contribution in [2.24, 2.45) is 0 Å². The molecule has 1 unspecified atom stereocenters. The first-order valence-corrected chi connectivity index (χ1v) is 6.74. The van der Waals surface area contributed by atoms with Crippen LogP contribution in [-0.2, 0) is 14.3 Å². The predicted molar refractivity (Wildman–Crippen MR) is 73.3 cm³/mol. The molecular weight excluding hydrogens is 242 g/mol. The monoisotopic (exact) mass is 263 g/mol. The van der Waals surface area contributed by atoms with Gasteiger partial charge in [0.05, 0.1) is 18.8 Å². The van der Waals surface area contributed by atoms with Gasteiger partial charge in [-0.3, -0.25) is 0 Å². The maximum Gasteiger partial charge on any atom is 0.335 e. The fourth-order valence-corrected chi connectivity index (χ4v) is 2.53. The summed E-state index contributed by atoms with van der Waals surface area (Å²) in [7, 11) is 0. The van der Waals surface area contributed by atoms with E-state index in [-0.39, 0.29) is 12.2 Å². The molecule has 19 heavy (non-hydrogen) atoms. The van der Waals surface area contributed by atoms with Crippen molar-refractivity contribution in [3.63, 3.8) is 0 Å². The van der Waals surface area contributed by atoms with E-state index < -0.39 is 0 Å². The molecule has 0 saturated heterocycles. The van der Waals surface area contributed by atoms with Crippen LogP contribution in [-0.4, -0.2) is 36.9 Å². The quantitative estimate of drug-likeness (QED) is 0.733. The summed E-state index contributed by atoms with van der Waals surface area (Å²) >= 11 is 0. The summed E-state index contributed by atoms with van der Waals surface area (Å²) in [5.74, 6) is -0.202. The van der Waals surface area contributed by atoms with Gasteiger partial charge in [0.2, 0.25) is 0 Å². The molecule has 0 aliphatic carbocycles. The van der Waals surface area contributed by atoms with Crippen molar-refractivity contribution in [3.05, 3.63) is 35.6 Å². The maximum absolute atomic E-state index is 11.9. The normalized spacial score (nSPS) is 23.4. The Balaban J connectivity index is 2.24. The van der Waals surface area contributed by atoms with Crippen molar-refractivity contribution < 1.29 is 14.3 Å². The standard InChI is InChI=1S/C15H21NO3/c1-4-12-8-9-19-14-7-6-13(15(17)18-5-2)11(3)16(14)10-12/h4,8,14H,1,5-7,9-10H2,2-3H3. The number of rotatable bonds is 3. The average Bonchev–Trinajstić information content (AvgIpc) is 2.61. The molecule has 0 aromatic rings. The molecule has 2 aliphatic rings. The number of fused-ring (bicyclic) bond motifs is 1. The fourth-order valence-electron chi connectivity index (χ4n) is 2.53. The largest absolute Gasteiger partial charge is 0.463 e. The van der Waals surface area contributed by atoms with E-state index in [4.69, 9.17) is 9.47 Å². The van der Waals surface area contributed by atoms with Gasteiger partial charge in [0.25, 0.3) is 0 Å². The molecular formula is C15H21NO3. The minimum absolute atomic E-state index is 0.0480. The van der Waals surface area contributed by atoms with Crippen LogP contribution in [0.1, 0.15) is 26.7 Å². The molecule has 4 nitrogen and oxygen atoms in total. The van der Waals surface area contributed by atoms with Gasteiger partial charge >= 0.3 is 5.97 Å². The summed E-state index contributed by atoms with van der Waals surface area (Å²) in [6, 6.07) is 0. The highest BCUT2D eigenvalue weighted by Crippen LogP contribution is 2.30. The molecule has 0 saturated carbocycles. The number of allylic oxidation sites excluding steroid dienone is 1. The summed E-state index contributed by atoms with van der Waals surface area (Å²) in [6.45, 7) is 9.36. The molecule has 0 aromatic heterocycles. The van der Waals surface area contributed by atoms with Crippen LogP contribution >= 0.6 is 0 Å². The first-order valence-electron chi connectivity index (χ1n) is 6.74. The summed E-state index contributed by atoms with van der Waals surface area (Å²) in [6.07, 6.45) is 5.48. The van der Waals surface area contributed by atoms with E-state index in [1.807, 2.05) is 26.0 Å². The van der Waals surface area contributed by atoms with E-state index >= 15 is 0 Å². The predicted octanol–water partition coefficient (Wildman–Crippen LogP) is 2.39. The Morgan fingerprint density at radius 2 is 2.47 bits per heavy atom. The van der Waals surface area contributed by atoms with Crippen LogP contribution in [0.2, 0.25) is 0 Å². The molecule has 2 heterocycles. The number of ether oxygens (including phenoxy) is 2. The Morgan fingerprint density at radius 1 is 1.68 bits per heavy atom. The van der Waals surface area contributed by atoms with Gasteiger partial charge in [0.15, 0.2) is 0 Å². The fraction of sp³-hybridized carbons (Fsp3) is 0.533. The van der Waals surface area contributed by atoms with Crippen LogP contribution in [0.15, 0.2) is 35.6 Å². The highest BCUT2D eigenvalue weighted by Gasteiger charge is 2.31. The van der Waals surface area contributed by atoms with Crippen LogP contribution in [0.5, 0.6) is 0 Å². The third-order valence-corrected chi connectivity index (χ3v) is 3.63. The number of nitrogens with zero attached hydrogens (tertiary/aromatic N) is 1. The number of hydrogen-bond acceptors (Lipinski definition) is 4. The SMILES string of the molecule is C=CC1=CCOC2CCC(C(=O)OCC)=C(C)N2C1. The second-order valence-corrected chi connectivity index (χ2v) is 4.72. The molecule has 2 aliphatic heterocycles. The number of carbonyl (C=O) groups is 1. The highest BCUT2D eigenvalue weighted by atomic mass is 16.5. The van der Waals surface area contributed by atoms with Crippen LogP contribution in [0.3, 0.4) is 0 Å². The third kappa shape index (κ3) is 2.89. The zero-order valence-corrected chi connectivity index (χ0v) is 11.6. The molecule has 0 radical (unpaired) electrons. The van der Waals surface area contributed by atoms with Gasteiger partial charge in [-0.1, -0.05) is 18.7 Å². The lowest BCUT2D eigenvalue weighted by Crippen LogP contribution is -2.40. The molecule has 0 bridgehead atoms. The zero-order chi connectivity index (χ0) is 13.8. The Hall–Kier alpha value is -1.55. The van der Waals surface area contributed by atoms with Gasteiger partial charge in [0, 0.05) is 12.2 Å². The molecule has 0 fully saturated rings. The average molecular weight is 263 g/mol. The maximum atomic E-state index is 11.9. The van der Waals surface area contributed by atoms with Crippen molar-refractivity contribution in [2.75, 3.05) is 19.8 Å². The minimum Gasteiger partial charge on any atom is -0.463 e. The molecule has 0 aromatic carbocycles. The lowest BCUT2D eigenvalue weighted by Gasteiger charge is -2.37. The minimum atomic E-state index is -0.202. The van der Waals surface area contributed by atoms with Crippen molar-refractivity contribution >= 4 is 5.97 Å². The van der Waals surface area contributed by atoms with E-state index in [0.29, 0.717) is 13.2 Å². The van der Waals surface area contributed by atoms with E-state index in [9.17, 15) is 4.79 Å². The van der Waals surface area contributed by atoms with Crippen LogP contribution < -0.4 is 0 Å². The Bertz CT molecular complexity index is 437. The van der Waals surface area contributed by atoms with Crippen molar-refractivity contribution in [3.8, 4) is 0 Å². The Morgan fingerprint density at radius 3 is 3.16 bits per heavy atom. The first-order chi connectivity index (χ1) is 9.17. The highest BCUT2D eigenvalue weighted by molar-refractivity contribution is 5.89. The van der Waals surface area contributed by atoms with E-state index in [0.717, 1.165) is 36.2 Å². The van der Waals surface area contributed by atoms with Crippen molar-refractivity contribution in [1.29, 1.82) is 0 Å². The summed E-state index contributed by atoms with van der Waals surface area (Å²) in [5.41, 5.74) is 2.86. The van der Waals surface area contributed by atoms with Crippen LogP contribution in [0, 0.1) is 0 Å². The van der Waals surface area contributed by atoms with E-state index in [1.165, 1.54) is 0 Å². The lowest BCUT2D eigenvalue weighted by atomic mass is 10.0. The smallest absolute Gasteiger partial charge is 0.335 e. The lowest BCUT2D eigenvalue weighted by molar-refractivity contribution is -0.139. The first kappa shape index (κ1) is 13.9. The van der Waals surface area contributed by atoms with E-state index in [1.54, 1.807) is 0 Å². The molecule has 1 atom stereocenters. The summed E-state index contributed by atoms with van der Waals surface area (Å²) < 4.78 is 10.9. The van der Waals surface area contributed by atoms with Crippen LogP contribution in [0.4, 0.5) is 0 Å². The van der Waals surface area contributed by atoms with E-state index in [2.05, 4.69) is 11.5 Å². The molecule has 0 amide bonds. The van der Waals surface area contributed by atoms with Gasteiger partial charge < -0.3 is 14.4 Å². The van der Waals surface area contributed by atoms with Gasteiger partial charge in [-0.15, -0.1) is 0 Å². The second-order valence-electron chi connectivity index (χ2n) is 4.72. The number of hydrogen-bond donors (Lipinski definition) is 0. The summed E-state index contributed by atoms with van der Waals surface area (Å²) in [4.78, 5) is 14.1. The van der Waals surface area contributed by atoms with Crippen molar-refractivity contribution in [1.82, 2.24) is 4.90 Å². The third-order valence-electron chi connectivity index (χ3n) is 3.63. The topological polar surface area (TPSA) is 38.8 Å². The number of esters is 1. The summed E-state index contributed by atoms with van der Waals surface area (Å²) in [5, 5.41) is 0. The van der Waals surface area contributed by atoms with Gasteiger partial charge in [-0.05, 0) is 32.3 Å². The second kappa shape index (κ2) is 6.06. The van der Waals surface area contributed by atoms with Gasteiger partial charge in [0.1, 0.15) is 6.23 Å². The Labute approximate surface area is 114 Å². The molecule has 4 heteroatoms. The molecule has 0 N–H and O–H groups in total. The van der Waals surface area contributed by atoms with Gasteiger partial charge in [-0.2, -0.15) is 0 Å². The zero-order valence-electron chi connectivity index (χ0n) is 11.6. The van der Waals surface area contributed by atoms with Crippen molar-refractivity contribution in [2.45, 2.75) is 32.9 Å². The molecule has 2 rings (SSSR count). The number of carbonyl (C=O) groups excluding carboxylic acids is 1.